The largest absolute Gasteiger partial charge is 0.506 e. The molecule has 1 heterocycles. The lowest BCUT2D eigenvalue weighted by Gasteiger charge is -2.54. The van der Waals surface area contributed by atoms with Gasteiger partial charge in [-0.05, 0) is 19.4 Å². The lowest BCUT2D eigenvalue weighted by molar-refractivity contribution is 0.152. The zero-order valence-electron chi connectivity index (χ0n) is 20.7. The van der Waals surface area contributed by atoms with Crippen LogP contribution in [0.2, 0.25) is 11.6 Å². The molecule has 28 heteroatoms. The van der Waals surface area contributed by atoms with Gasteiger partial charge < -0.3 is 4.74 Å². The van der Waals surface area contributed by atoms with Crippen molar-refractivity contribution in [2.24, 2.45) is 0 Å². The smallest absolute Gasteiger partial charge is 0.0955 e. The van der Waals surface area contributed by atoms with E-state index in [0.717, 1.165) is 5.57 Å². The van der Waals surface area contributed by atoms with Gasteiger partial charge in [0, 0.05) is 180 Å². The lowest BCUT2D eigenvalue weighted by atomic mass is 8.57. The fourth-order valence-corrected chi connectivity index (χ4v) is 5.54. The summed E-state index contributed by atoms with van der Waals surface area (Å²) in [6, 6.07) is -0.793. The van der Waals surface area contributed by atoms with Crippen molar-refractivity contribution in [3.8, 4) is 0 Å². The minimum absolute atomic E-state index is 0.485. The van der Waals surface area contributed by atoms with Gasteiger partial charge in [0.05, 0.1) is 25.2 Å². The van der Waals surface area contributed by atoms with Crippen LogP contribution in [-0.4, -0.2) is 199 Å². The maximum absolute atomic E-state index is 6.47. The average Bonchev–Trinajstić information content (AvgIpc) is 2.74. The highest BCUT2D eigenvalue weighted by Gasteiger charge is 2.54. The van der Waals surface area contributed by atoms with Crippen LogP contribution in [0.1, 0.15) is 13.8 Å². The highest BCUT2D eigenvalue weighted by atomic mass is 16.5. The van der Waals surface area contributed by atoms with Crippen molar-refractivity contribution in [2.45, 2.75) is 31.5 Å². The van der Waals surface area contributed by atoms with Crippen molar-refractivity contribution in [1.82, 2.24) is 0 Å². The van der Waals surface area contributed by atoms with Crippen LogP contribution in [0.5, 0.6) is 0 Å². The second-order valence-corrected chi connectivity index (χ2v) is 9.66. The number of rotatable bonds is 13. The highest BCUT2D eigenvalue weighted by Crippen LogP contribution is 2.48. The molecule has 1 nitrogen and oxygen atoms in total. The van der Waals surface area contributed by atoms with Crippen LogP contribution in [0.4, 0.5) is 0 Å². The van der Waals surface area contributed by atoms with Crippen LogP contribution in [0.3, 0.4) is 0 Å². The van der Waals surface area contributed by atoms with Gasteiger partial charge in [-0.2, -0.15) is 0 Å². The Balaban J connectivity index is 3.99. The molecule has 0 aromatic heterocycles. The van der Waals surface area contributed by atoms with E-state index in [-0.39, 0.29) is 0 Å². The van der Waals surface area contributed by atoms with Crippen molar-refractivity contribution in [1.29, 1.82) is 0 Å². The third kappa shape index (κ3) is 8.15. The minimum Gasteiger partial charge on any atom is -0.506 e. The summed E-state index contributed by atoms with van der Waals surface area (Å²) in [7, 11) is 88.9. The van der Waals surface area contributed by atoms with Crippen LogP contribution in [0.25, 0.3) is 0 Å². The third-order valence-electron chi connectivity index (χ3n) is 7.40. The van der Waals surface area contributed by atoms with E-state index in [1.165, 1.54) is 14.1 Å². The zero-order chi connectivity index (χ0) is 27.4. The maximum Gasteiger partial charge on any atom is 0.0955 e. The van der Waals surface area contributed by atoms with Gasteiger partial charge in [0.15, 0.2) is 0 Å². The zero-order valence-corrected chi connectivity index (χ0v) is 20.7. The second-order valence-electron chi connectivity index (χ2n) is 9.66. The van der Waals surface area contributed by atoms with Gasteiger partial charge in [0.25, 0.3) is 0 Å². The molecule has 0 saturated carbocycles. The first-order valence-electron chi connectivity index (χ1n) is 11.6. The van der Waals surface area contributed by atoms with Gasteiger partial charge in [-0.25, -0.2) is 0 Å². The summed E-state index contributed by atoms with van der Waals surface area (Å²) in [5, 5.41) is 0. The fourth-order valence-electron chi connectivity index (χ4n) is 5.54. The summed E-state index contributed by atoms with van der Waals surface area (Å²) in [4.78, 5) is 0. The van der Waals surface area contributed by atoms with E-state index < -0.39 is 88.2 Å². The van der Waals surface area contributed by atoms with Gasteiger partial charge >= 0.3 is 0 Å². The van der Waals surface area contributed by atoms with Gasteiger partial charge in [0.2, 0.25) is 0 Å². The molecule has 0 saturated heterocycles. The van der Waals surface area contributed by atoms with Crippen LogP contribution in [0.15, 0.2) is 11.3 Å². The molecular weight excluding hydrogens is 392 g/mol. The van der Waals surface area contributed by atoms with Gasteiger partial charge in [0.1, 0.15) is 0 Å². The van der Waals surface area contributed by atoms with Crippen molar-refractivity contribution in [2.75, 3.05) is 0 Å². The van der Waals surface area contributed by atoms with E-state index in [1.54, 1.807) is 6.92 Å². The second kappa shape index (κ2) is 15.2. The molecule has 3 unspecified atom stereocenters. The molecule has 0 N–H and O–H groups in total. The number of hydrogen-bond acceptors (Lipinski definition) is 1. The molecule has 0 fully saturated rings. The van der Waals surface area contributed by atoms with E-state index in [4.69, 9.17) is 113 Å². The molecule has 0 aliphatic carbocycles. The predicted molar refractivity (Wildman–Crippen MR) is 186 cm³/mol. The first kappa shape index (κ1) is 34.3. The summed E-state index contributed by atoms with van der Waals surface area (Å²) >= 11 is 0. The molecular formula is C7H9B27O. The monoisotopic (exact) mass is 406 g/mol. The Morgan fingerprint density at radius 3 is 1.46 bits per heavy atom. The van der Waals surface area contributed by atoms with E-state index in [1.807, 2.05) is 6.92 Å². The molecule has 1 aliphatic heterocycles. The summed E-state index contributed by atoms with van der Waals surface area (Å²) in [6.07, 6.45) is -6.96. The lowest BCUT2D eigenvalue weighted by Crippen LogP contribution is -2.74. The fraction of sp³-hybridized carbons (Fsp3) is 0.714. The molecule has 1 rings (SSSR count). The summed E-state index contributed by atoms with van der Waals surface area (Å²) < 4.78 is 6.42. The van der Waals surface area contributed by atoms with Crippen molar-refractivity contribution >= 4 is 193 Å². The Bertz CT molecular complexity index is 664. The Hall–Kier alpha value is 1.29. The van der Waals surface area contributed by atoms with Crippen molar-refractivity contribution in [3.63, 3.8) is 0 Å². The molecule has 30 radical (unpaired) electrons. The highest BCUT2D eigenvalue weighted by molar-refractivity contribution is 7.96. The first-order valence-corrected chi connectivity index (χ1v) is 11.6. The van der Waals surface area contributed by atoms with E-state index >= 15 is 0 Å². The molecule has 0 aromatic carbocycles. The number of hydrogen-bond donors (Lipinski definition) is 0. The van der Waals surface area contributed by atoms with E-state index in [9.17, 15) is 0 Å². The average molecular weight is 401 g/mol. The standard InChI is InChI=1S/C7H9B27O/c1-3-4(2)35-7(26(29(14)15)34(23-9)31(18)19)6(25(28(12)13)33(21)30(16)17)5(3)24(27(10)11)32(20)22-8/h5-7H,1-2H3. The van der Waals surface area contributed by atoms with Gasteiger partial charge in [-0.15, -0.1) is 0 Å². The molecule has 0 aromatic rings. The molecule has 0 bridgehead atoms. The number of ether oxygens (including phenoxy) is 1. The van der Waals surface area contributed by atoms with Crippen molar-refractivity contribution in [3.05, 3.63) is 11.3 Å². The first-order chi connectivity index (χ1) is 16.1. The number of allylic oxidation sites excluding steroid dienone is 2. The van der Waals surface area contributed by atoms with Crippen LogP contribution < -0.4 is 0 Å². The summed E-state index contributed by atoms with van der Waals surface area (Å²) in [6.45, 7) is 1.64. The Morgan fingerprint density at radius 2 is 1.11 bits per heavy atom. The molecule has 0 spiro atoms. The molecule has 124 valence electrons. The predicted octanol–water partition coefficient (Wildman–Crippen LogP) is -8.42. The summed E-state index contributed by atoms with van der Waals surface area (Å²) in [5.41, 5.74) is 0.799. The molecule has 1 aliphatic rings. The summed E-state index contributed by atoms with van der Waals surface area (Å²) in [5.74, 6) is -0.538. The molecule has 35 heavy (non-hydrogen) atoms. The normalized spacial score (nSPS) is 18.9. The van der Waals surface area contributed by atoms with Gasteiger partial charge in [-0.3, -0.25) is 0 Å². The van der Waals surface area contributed by atoms with E-state index in [0.29, 0.717) is 5.76 Å². The van der Waals surface area contributed by atoms with Crippen molar-refractivity contribution < 1.29 is 4.74 Å². The minimum atomic E-state index is -0.987. The van der Waals surface area contributed by atoms with Gasteiger partial charge in [-0.1, -0.05) is 11.6 Å². The Kier molecular flexibility index (Phi) is 14.9. The van der Waals surface area contributed by atoms with Crippen LogP contribution in [0, 0.1) is 0 Å². The third-order valence-corrected chi connectivity index (χ3v) is 7.40. The Labute approximate surface area is 239 Å². The Morgan fingerprint density at radius 1 is 0.629 bits per heavy atom. The SMILES string of the molecule is [B][B]B([B])B(B([B])[B])C1C(C)=C(C)OC(B(B([B])[B])B([B][B])B([B])[B])C1B(B([B])[B])B([B])B([B])[B]. The van der Waals surface area contributed by atoms with E-state index in [2.05, 4.69) is 0 Å². The van der Waals surface area contributed by atoms with Crippen LogP contribution >= 0.6 is 0 Å². The molecule has 0 amide bonds. The molecule has 3 atom stereocenters. The maximum atomic E-state index is 6.47. The van der Waals surface area contributed by atoms with Crippen LogP contribution in [-0.2, 0) is 4.74 Å². The quantitative estimate of drug-likeness (QED) is 0.279. The topological polar surface area (TPSA) is 9.23 Å².